The molecule has 3 aromatic rings. The number of rotatable bonds is 4. The van der Waals surface area contributed by atoms with Crippen LogP contribution >= 0.6 is 23.2 Å². The Morgan fingerprint density at radius 3 is 2.57 bits per heavy atom. The van der Waals surface area contributed by atoms with Gasteiger partial charge in [-0.3, -0.25) is 0 Å². The smallest absolute Gasteiger partial charge is 0.124 e. The average molecular weight is 319 g/mol. The highest BCUT2D eigenvalue weighted by Gasteiger charge is 2.11. The van der Waals surface area contributed by atoms with E-state index in [0.29, 0.717) is 5.88 Å². The lowest BCUT2D eigenvalue weighted by molar-refractivity contribution is 0.688. The van der Waals surface area contributed by atoms with Crippen LogP contribution in [0, 0.1) is 6.92 Å². The largest absolute Gasteiger partial charge is 0.327 e. The molecule has 0 amide bonds. The van der Waals surface area contributed by atoms with Gasteiger partial charge in [-0.25, -0.2) is 4.98 Å². The van der Waals surface area contributed by atoms with Crippen LogP contribution in [0.2, 0.25) is 5.02 Å². The molecule has 3 rings (SSSR count). The van der Waals surface area contributed by atoms with Gasteiger partial charge >= 0.3 is 0 Å². The summed E-state index contributed by atoms with van der Waals surface area (Å²) < 4.78 is 2.21. The first kappa shape index (κ1) is 14.4. The fourth-order valence-corrected chi connectivity index (χ4v) is 2.91. The topological polar surface area (TPSA) is 17.8 Å². The standard InChI is InChI=1S/C17H16Cl2N2/c1-12-3-2-4-15-17(12)20-16(11-18)21(15)10-9-13-5-7-14(19)8-6-13/h2-8H,9-11H2,1H3. The van der Waals surface area contributed by atoms with Crippen LogP contribution in [-0.4, -0.2) is 9.55 Å². The molecule has 108 valence electrons. The van der Waals surface area contributed by atoms with E-state index in [9.17, 15) is 0 Å². The Labute approximate surface area is 134 Å². The Balaban J connectivity index is 1.92. The van der Waals surface area contributed by atoms with E-state index in [0.717, 1.165) is 34.8 Å². The van der Waals surface area contributed by atoms with E-state index in [2.05, 4.69) is 46.8 Å². The van der Waals surface area contributed by atoms with Crippen LogP contribution in [0.4, 0.5) is 0 Å². The maximum Gasteiger partial charge on any atom is 0.124 e. The lowest BCUT2D eigenvalue weighted by atomic mass is 10.1. The average Bonchev–Trinajstić information content (AvgIpc) is 2.86. The number of imidazole rings is 1. The fourth-order valence-electron chi connectivity index (χ4n) is 2.58. The fraction of sp³-hybridized carbons (Fsp3) is 0.235. The molecule has 4 heteroatoms. The Kier molecular flexibility index (Phi) is 4.18. The monoisotopic (exact) mass is 318 g/mol. The van der Waals surface area contributed by atoms with Gasteiger partial charge in [0, 0.05) is 11.6 Å². The highest BCUT2D eigenvalue weighted by Crippen LogP contribution is 2.21. The quantitative estimate of drug-likeness (QED) is 0.620. The van der Waals surface area contributed by atoms with Gasteiger partial charge in [-0.2, -0.15) is 0 Å². The normalized spacial score (nSPS) is 11.2. The lowest BCUT2D eigenvalue weighted by Gasteiger charge is -2.08. The number of para-hydroxylation sites is 1. The number of aryl methyl sites for hydroxylation is 3. The van der Waals surface area contributed by atoms with Crippen LogP contribution in [0.3, 0.4) is 0 Å². The van der Waals surface area contributed by atoms with Gasteiger partial charge in [0.1, 0.15) is 5.82 Å². The molecule has 2 nitrogen and oxygen atoms in total. The van der Waals surface area contributed by atoms with E-state index in [1.807, 2.05) is 12.1 Å². The molecule has 0 aliphatic rings. The first-order chi connectivity index (χ1) is 10.2. The van der Waals surface area contributed by atoms with Crippen molar-refractivity contribution in [2.75, 3.05) is 0 Å². The Morgan fingerprint density at radius 1 is 1.10 bits per heavy atom. The molecule has 21 heavy (non-hydrogen) atoms. The molecule has 0 N–H and O–H groups in total. The number of hydrogen-bond acceptors (Lipinski definition) is 1. The Morgan fingerprint density at radius 2 is 1.86 bits per heavy atom. The van der Waals surface area contributed by atoms with E-state index in [1.54, 1.807) is 0 Å². The van der Waals surface area contributed by atoms with E-state index in [4.69, 9.17) is 23.2 Å². The summed E-state index contributed by atoms with van der Waals surface area (Å²) >= 11 is 12.0. The van der Waals surface area contributed by atoms with E-state index in [1.165, 1.54) is 11.1 Å². The van der Waals surface area contributed by atoms with Crippen LogP contribution in [0.1, 0.15) is 17.0 Å². The van der Waals surface area contributed by atoms with E-state index >= 15 is 0 Å². The molecular weight excluding hydrogens is 303 g/mol. The summed E-state index contributed by atoms with van der Waals surface area (Å²) in [6.45, 7) is 2.94. The second-order valence-corrected chi connectivity index (χ2v) is 5.84. The first-order valence-electron chi connectivity index (χ1n) is 6.94. The van der Waals surface area contributed by atoms with E-state index < -0.39 is 0 Å². The Hall–Kier alpha value is -1.51. The van der Waals surface area contributed by atoms with Crippen molar-refractivity contribution < 1.29 is 0 Å². The minimum atomic E-state index is 0.425. The van der Waals surface area contributed by atoms with Crippen LogP contribution in [0.15, 0.2) is 42.5 Å². The van der Waals surface area contributed by atoms with Gasteiger partial charge < -0.3 is 4.57 Å². The van der Waals surface area contributed by atoms with Crippen molar-refractivity contribution in [3.63, 3.8) is 0 Å². The van der Waals surface area contributed by atoms with Crippen molar-refractivity contribution >= 4 is 34.2 Å². The van der Waals surface area contributed by atoms with Crippen molar-refractivity contribution in [1.82, 2.24) is 9.55 Å². The summed E-state index contributed by atoms with van der Waals surface area (Å²) in [4.78, 5) is 4.67. The number of hydrogen-bond donors (Lipinski definition) is 0. The third kappa shape index (κ3) is 2.92. The molecule has 2 aromatic carbocycles. The number of benzene rings is 2. The second-order valence-electron chi connectivity index (χ2n) is 5.13. The molecule has 1 aromatic heterocycles. The zero-order valence-electron chi connectivity index (χ0n) is 11.8. The minimum absolute atomic E-state index is 0.425. The minimum Gasteiger partial charge on any atom is -0.327 e. The van der Waals surface area contributed by atoms with E-state index in [-0.39, 0.29) is 0 Å². The highest BCUT2D eigenvalue weighted by molar-refractivity contribution is 6.30. The van der Waals surface area contributed by atoms with Gasteiger partial charge in [0.2, 0.25) is 0 Å². The third-order valence-electron chi connectivity index (χ3n) is 3.72. The van der Waals surface area contributed by atoms with Gasteiger partial charge in [0.15, 0.2) is 0 Å². The van der Waals surface area contributed by atoms with Crippen LogP contribution in [0.5, 0.6) is 0 Å². The molecular formula is C17H16Cl2N2. The molecule has 0 bridgehead atoms. The first-order valence-corrected chi connectivity index (χ1v) is 7.85. The van der Waals surface area contributed by atoms with Crippen LogP contribution in [-0.2, 0) is 18.8 Å². The molecule has 0 unspecified atom stereocenters. The van der Waals surface area contributed by atoms with Crippen molar-refractivity contribution in [2.24, 2.45) is 0 Å². The van der Waals surface area contributed by atoms with Crippen LogP contribution in [0.25, 0.3) is 11.0 Å². The summed E-state index contributed by atoms with van der Waals surface area (Å²) in [5.74, 6) is 1.35. The van der Waals surface area contributed by atoms with Crippen molar-refractivity contribution in [3.8, 4) is 0 Å². The number of alkyl halides is 1. The predicted molar refractivity (Wildman–Crippen MR) is 89.2 cm³/mol. The van der Waals surface area contributed by atoms with Crippen molar-refractivity contribution in [3.05, 3.63) is 64.4 Å². The lowest BCUT2D eigenvalue weighted by Crippen LogP contribution is -2.05. The molecule has 0 saturated heterocycles. The van der Waals surface area contributed by atoms with Crippen molar-refractivity contribution in [2.45, 2.75) is 25.8 Å². The molecule has 0 radical (unpaired) electrons. The summed E-state index contributed by atoms with van der Waals surface area (Å²) in [6.07, 6.45) is 0.931. The molecule has 1 heterocycles. The van der Waals surface area contributed by atoms with Crippen molar-refractivity contribution in [1.29, 1.82) is 0 Å². The van der Waals surface area contributed by atoms with Crippen LogP contribution < -0.4 is 0 Å². The second kappa shape index (κ2) is 6.08. The third-order valence-corrected chi connectivity index (χ3v) is 4.21. The van der Waals surface area contributed by atoms with Gasteiger partial charge in [0.25, 0.3) is 0 Å². The highest BCUT2D eigenvalue weighted by atomic mass is 35.5. The molecule has 0 fully saturated rings. The summed E-state index contributed by atoms with van der Waals surface area (Å²) in [7, 11) is 0. The maximum absolute atomic E-state index is 6.06. The van der Waals surface area contributed by atoms with Gasteiger partial charge in [-0.15, -0.1) is 11.6 Å². The van der Waals surface area contributed by atoms with Gasteiger partial charge in [-0.05, 0) is 42.7 Å². The molecule has 0 atom stereocenters. The number of fused-ring (bicyclic) bond motifs is 1. The molecule has 0 aliphatic carbocycles. The summed E-state index contributed by atoms with van der Waals surface area (Å²) in [6, 6.07) is 14.2. The zero-order chi connectivity index (χ0) is 14.8. The number of nitrogens with zero attached hydrogens (tertiary/aromatic N) is 2. The SMILES string of the molecule is Cc1cccc2c1nc(CCl)n2CCc1ccc(Cl)cc1. The van der Waals surface area contributed by atoms with Gasteiger partial charge in [0.05, 0.1) is 16.9 Å². The molecule has 0 aliphatic heterocycles. The predicted octanol–water partition coefficient (Wildman–Crippen LogP) is 4.98. The molecule has 0 saturated carbocycles. The summed E-state index contributed by atoms with van der Waals surface area (Å²) in [5, 5.41) is 0.768. The summed E-state index contributed by atoms with van der Waals surface area (Å²) in [5.41, 5.74) is 4.64. The molecule has 0 spiro atoms. The number of aromatic nitrogens is 2. The maximum atomic E-state index is 6.06. The Bertz CT molecular complexity index is 760. The number of halogens is 2. The zero-order valence-corrected chi connectivity index (χ0v) is 13.3. The van der Waals surface area contributed by atoms with Gasteiger partial charge in [-0.1, -0.05) is 35.9 Å².